The minimum atomic E-state index is -4.00. The van der Waals surface area contributed by atoms with Crippen molar-refractivity contribution in [3.63, 3.8) is 0 Å². The van der Waals surface area contributed by atoms with E-state index in [0.717, 1.165) is 18.6 Å². The van der Waals surface area contributed by atoms with Gasteiger partial charge >= 0.3 is 0 Å². The summed E-state index contributed by atoms with van der Waals surface area (Å²) < 4.78 is 35.8. The fourth-order valence-corrected chi connectivity index (χ4v) is 3.47. The monoisotopic (exact) mass is 358 g/mol. The molecule has 0 aromatic carbocycles. The van der Waals surface area contributed by atoms with E-state index in [9.17, 15) is 8.42 Å². The van der Waals surface area contributed by atoms with Crippen molar-refractivity contribution in [2.24, 2.45) is 0 Å². The lowest BCUT2D eigenvalue weighted by molar-refractivity contribution is 0.446. The summed E-state index contributed by atoms with van der Waals surface area (Å²) in [6.07, 6.45) is 16.6. The highest BCUT2D eigenvalue weighted by Crippen LogP contribution is 2.15. The van der Waals surface area contributed by atoms with Gasteiger partial charge in [-0.2, -0.15) is 8.42 Å². The van der Waals surface area contributed by atoms with E-state index in [0.29, 0.717) is 5.76 Å². The van der Waals surface area contributed by atoms with Gasteiger partial charge in [-0.1, -0.05) is 77.6 Å². The van der Waals surface area contributed by atoms with Crippen LogP contribution in [0.4, 0.5) is 0 Å². The average Bonchev–Trinajstić information content (AvgIpc) is 2.93. The molecule has 0 aliphatic rings. The molecule has 0 fully saturated rings. The summed E-state index contributed by atoms with van der Waals surface area (Å²) in [6.45, 7) is 2.25. The van der Waals surface area contributed by atoms with Crippen LogP contribution in [0.5, 0.6) is 0 Å². The maximum Gasteiger partial charge on any atom is 0.272 e. The first-order chi connectivity index (χ1) is 11.5. The third-order valence-electron chi connectivity index (χ3n) is 4.32. The SMILES string of the molecule is CCCCCCCCCCCCCCc1ccc(CS(=O)(=O)O)o1. The average molecular weight is 359 g/mol. The molecule has 0 aliphatic heterocycles. The van der Waals surface area contributed by atoms with Crippen LogP contribution in [-0.2, 0) is 22.3 Å². The van der Waals surface area contributed by atoms with E-state index < -0.39 is 15.9 Å². The van der Waals surface area contributed by atoms with Gasteiger partial charge in [0.1, 0.15) is 17.3 Å². The van der Waals surface area contributed by atoms with E-state index >= 15 is 0 Å². The number of aryl methyl sites for hydroxylation is 1. The van der Waals surface area contributed by atoms with Crippen molar-refractivity contribution >= 4 is 10.1 Å². The number of hydrogen-bond acceptors (Lipinski definition) is 3. The predicted octanol–water partition coefficient (Wildman–Crippen LogP) is 5.91. The lowest BCUT2D eigenvalue weighted by Crippen LogP contribution is -2.00. The zero-order valence-corrected chi connectivity index (χ0v) is 16.0. The van der Waals surface area contributed by atoms with E-state index in [2.05, 4.69) is 6.92 Å². The van der Waals surface area contributed by atoms with Gasteiger partial charge in [-0.25, -0.2) is 0 Å². The fraction of sp³-hybridized carbons (Fsp3) is 0.789. The normalized spacial score (nSPS) is 11.9. The van der Waals surface area contributed by atoms with E-state index in [1.165, 1.54) is 70.6 Å². The van der Waals surface area contributed by atoms with E-state index in [1.54, 1.807) is 12.1 Å². The van der Waals surface area contributed by atoms with Gasteiger partial charge in [-0.05, 0) is 18.6 Å². The number of furan rings is 1. The highest BCUT2D eigenvalue weighted by molar-refractivity contribution is 7.84. The molecule has 1 aromatic rings. The van der Waals surface area contributed by atoms with Gasteiger partial charge in [0.2, 0.25) is 0 Å². The molecule has 5 heteroatoms. The molecule has 0 radical (unpaired) electrons. The number of unbranched alkanes of at least 4 members (excludes halogenated alkanes) is 11. The Balaban J connectivity index is 1.93. The molecule has 4 nitrogen and oxygen atoms in total. The molecule has 1 heterocycles. The Hall–Kier alpha value is -0.810. The number of hydrogen-bond donors (Lipinski definition) is 1. The first-order valence-corrected chi connectivity index (χ1v) is 11.1. The smallest absolute Gasteiger partial charge is 0.272 e. The molecule has 24 heavy (non-hydrogen) atoms. The Morgan fingerprint density at radius 3 is 1.75 bits per heavy atom. The van der Waals surface area contributed by atoms with Crippen LogP contribution >= 0.6 is 0 Å². The summed E-state index contributed by atoms with van der Waals surface area (Å²) >= 11 is 0. The molecule has 0 saturated carbocycles. The Morgan fingerprint density at radius 2 is 1.25 bits per heavy atom. The van der Waals surface area contributed by atoms with Crippen molar-refractivity contribution in [2.45, 2.75) is 96.1 Å². The Morgan fingerprint density at radius 1 is 0.792 bits per heavy atom. The first kappa shape index (κ1) is 21.2. The molecule has 1 rings (SSSR count). The number of rotatable bonds is 15. The second-order valence-electron chi connectivity index (χ2n) is 6.73. The van der Waals surface area contributed by atoms with Crippen molar-refractivity contribution < 1.29 is 17.4 Å². The molecule has 0 bridgehead atoms. The largest absolute Gasteiger partial charge is 0.465 e. The second-order valence-corrected chi connectivity index (χ2v) is 8.19. The van der Waals surface area contributed by atoms with Gasteiger partial charge in [0.15, 0.2) is 0 Å². The van der Waals surface area contributed by atoms with Gasteiger partial charge in [0.05, 0.1) is 0 Å². The Labute approximate surface area is 147 Å². The molecule has 0 unspecified atom stereocenters. The predicted molar refractivity (Wildman–Crippen MR) is 98.7 cm³/mol. The molecule has 0 spiro atoms. The van der Waals surface area contributed by atoms with Crippen LogP contribution in [0.1, 0.15) is 95.5 Å². The van der Waals surface area contributed by atoms with Crippen LogP contribution in [0.15, 0.2) is 16.5 Å². The zero-order valence-electron chi connectivity index (χ0n) is 15.1. The summed E-state index contributed by atoms with van der Waals surface area (Å²) in [5.74, 6) is 0.679. The summed E-state index contributed by atoms with van der Waals surface area (Å²) in [5.41, 5.74) is 0. The van der Waals surface area contributed by atoms with Crippen LogP contribution < -0.4 is 0 Å². The molecule has 0 amide bonds. The van der Waals surface area contributed by atoms with Crippen LogP contribution in [0.2, 0.25) is 0 Å². The molecule has 140 valence electrons. The topological polar surface area (TPSA) is 67.5 Å². The molecular formula is C19H34O4S. The molecule has 1 aromatic heterocycles. The Kier molecular flexibility index (Phi) is 11.1. The summed E-state index contributed by atoms with van der Waals surface area (Å²) in [4.78, 5) is 0. The van der Waals surface area contributed by atoms with Crippen LogP contribution in [0, 0.1) is 0 Å². The highest BCUT2D eigenvalue weighted by Gasteiger charge is 2.10. The van der Waals surface area contributed by atoms with Crippen molar-refractivity contribution in [3.05, 3.63) is 23.7 Å². The lowest BCUT2D eigenvalue weighted by atomic mass is 10.0. The van der Waals surface area contributed by atoms with Crippen LogP contribution in [0.25, 0.3) is 0 Å². The quantitative estimate of drug-likeness (QED) is 0.312. The van der Waals surface area contributed by atoms with Crippen LogP contribution in [0.3, 0.4) is 0 Å². The Bertz CT molecular complexity index is 519. The molecular weight excluding hydrogens is 324 g/mol. The van der Waals surface area contributed by atoms with Crippen molar-refractivity contribution in [3.8, 4) is 0 Å². The van der Waals surface area contributed by atoms with Gasteiger partial charge in [-0.15, -0.1) is 0 Å². The summed E-state index contributed by atoms with van der Waals surface area (Å²) in [6, 6.07) is 3.43. The van der Waals surface area contributed by atoms with Crippen molar-refractivity contribution in [1.29, 1.82) is 0 Å². The van der Waals surface area contributed by atoms with Gasteiger partial charge in [0, 0.05) is 6.42 Å². The lowest BCUT2D eigenvalue weighted by Gasteiger charge is -2.02. The standard InChI is InChI=1S/C19H34O4S/c1-2-3-4-5-6-7-8-9-10-11-12-13-14-18-15-16-19(23-18)17-24(20,21)22/h15-16H,2-14,17H2,1H3,(H,20,21,22). The highest BCUT2D eigenvalue weighted by atomic mass is 32.2. The third kappa shape index (κ3) is 11.7. The van der Waals surface area contributed by atoms with Crippen molar-refractivity contribution in [2.75, 3.05) is 0 Å². The fourth-order valence-electron chi connectivity index (χ4n) is 2.95. The van der Waals surface area contributed by atoms with Gasteiger partial charge in [0.25, 0.3) is 10.1 Å². The van der Waals surface area contributed by atoms with Gasteiger partial charge < -0.3 is 4.42 Å². The maximum atomic E-state index is 10.8. The van der Waals surface area contributed by atoms with E-state index in [-0.39, 0.29) is 0 Å². The molecule has 0 aliphatic carbocycles. The summed E-state index contributed by atoms with van der Waals surface area (Å²) in [5, 5.41) is 0. The third-order valence-corrected chi connectivity index (χ3v) is 4.97. The molecule has 0 saturated heterocycles. The van der Waals surface area contributed by atoms with E-state index in [1.807, 2.05) is 0 Å². The zero-order chi connectivity index (χ0) is 17.7. The van der Waals surface area contributed by atoms with Gasteiger partial charge in [-0.3, -0.25) is 4.55 Å². The second kappa shape index (κ2) is 12.5. The van der Waals surface area contributed by atoms with E-state index in [4.69, 9.17) is 8.97 Å². The van der Waals surface area contributed by atoms with Crippen LogP contribution in [-0.4, -0.2) is 13.0 Å². The minimum absolute atomic E-state index is 0.312. The first-order valence-electron chi connectivity index (χ1n) is 9.54. The molecule has 1 N–H and O–H groups in total. The minimum Gasteiger partial charge on any atom is -0.465 e. The maximum absolute atomic E-state index is 10.8. The van der Waals surface area contributed by atoms with Crippen molar-refractivity contribution in [1.82, 2.24) is 0 Å². The summed E-state index contributed by atoms with van der Waals surface area (Å²) in [7, 11) is -4.00. The molecule has 0 atom stereocenters.